The summed E-state index contributed by atoms with van der Waals surface area (Å²) in [5, 5.41) is 0.557. The van der Waals surface area contributed by atoms with Crippen LogP contribution in [0.4, 0.5) is 13.2 Å². The van der Waals surface area contributed by atoms with Gasteiger partial charge in [0.2, 0.25) is 10.0 Å². The van der Waals surface area contributed by atoms with Crippen LogP contribution in [0, 0.1) is 24.4 Å². The third-order valence-corrected chi connectivity index (χ3v) is 6.34. The molecule has 0 aliphatic heterocycles. The summed E-state index contributed by atoms with van der Waals surface area (Å²) in [5.74, 6) is -6.27. The van der Waals surface area contributed by atoms with Crippen LogP contribution in [-0.2, 0) is 26.2 Å². The molecule has 0 aliphatic carbocycles. The monoisotopic (exact) mass is 483 g/mol. The predicted octanol–water partition coefficient (Wildman–Crippen LogP) is 3.66. The van der Waals surface area contributed by atoms with Gasteiger partial charge >= 0.3 is 11.6 Å². The summed E-state index contributed by atoms with van der Waals surface area (Å²) in [5.41, 5.74) is 1.94. The maximum absolute atomic E-state index is 13.8. The van der Waals surface area contributed by atoms with Gasteiger partial charge in [-0.25, -0.2) is 26.4 Å². The summed E-state index contributed by atoms with van der Waals surface area (Å²) in [4.78, 5) is 22.8. The molecule has 7 nitrogen and oxygen atoms in total. The van der Waals surface area contributed by atoms with Crippen LogP contribution in [0.2, 0.25) is 0 Å². The average molecular weight is 483 g/mol. The molecule has 2 aromatic carbocycles. The molecule has 0 saturated carbocycles. The number of nitrogens with one attached hydrogen (secondary N) is 1. The summed E-state index contributed by atoms with van der Waals surface area (Å²) in [7, 11) is -4.67. The number of halogens is 3. The Morgan fingerprint density at radius 2 is 1.82 bits per heavy atom. The Morgan fingerprint density at radius 1 is 1.12 bits per heavy atom. The fraction of sp³-hybridized carbons (Fsp3) is 0.273. The van der Waals surface area contributed by atoms with E-state index in [2.05, 4.69) is 0 Å². The first-order valence-corrected chi connectivity index (χ1v) is 11.2. The molecule has 0 unspecified atom stereocenters. The fourth-order valence-corrected chi connectivity index (χ4v) is 4.33. The second-order valence-electron chi connectivity index (χ2n) is 7.61. The molecule has 0 fully saturated rings. The maximum atomic E-state index is 13.8. The Morgan fingerprint density at radius 3 is 2.48 bits per heavy atom. The number of sulfonamides is 1. The molecule has 1 N–H and O–H groups in total. The van der Waals surface area contributed by atoms with Crippen LogP contribution < -0.4 is 10.3 Å². The third-order valence-electron chi connectivity index (χ3n) is 4.92. The number of hydrogen-bond donors (Lipinski definition) is 1. The van der Waals surface area contributed by atoms with Crippen molar-refractivity contribution in [2.24, 2.45) is 0 Å². The SMILES string of the molecule is Cc1cc2oc(=O)cc(COC(=O)CNS(=O)(=O)c3ccc(F)c(F)c3F)c2cc1C(C)C. The maximum Gasteiger partial charge on any atom is 0.336 e. The highest BCUT2D eigenvalue weighted by Gasteiger charge is 2.25. The van der Waals surface area contributed by atoms with Crippen LogP contribution >= 0.6 is 0 Å². The molecule has 0 amide bonds. The van der Waals surface area contributed by atoms with Crippen molar-refractivity contribution in [2.75, 3.05) is 6.54 Å². The minimum atomic E-state index is -4.67. The lowest BCUT2D eigenvalue weighted by Gasteiger charge is -2.13. The highest BCUT2D eigenvalue weighted by molar-refractivity contribution is 7.89. The Kier molecular flexibility index (Phi) is 6.94. The highest BCUT2D eigenvalue weighted by atomic mass is 32.2. The molecule has 0 aliphatic rings. The molecule has 1 heterocycles. The van der Waals surface area contributed by atoms with Crippen LogP contribution in [0.15, 0.2) is 44.4 Å². The van der Waals surface area contributed by atoms with Gasteiger partial charge in [0.15, 0.2) is 17.5 Å². The van der Waals surface area contributed by atoms with Gasteiger partial charge in [0, 0.05) is 17.0 Å². The van der Waals surface area contributed by atoms with E-state index in [4.69, 9.17) is 9.15 Å². The lowest BCUT2D eigenvalue weighted by Crippen LogP contribution is -2.31. The van der Waals surface area contributed by atoms with Crippen molar-refractivity contribution in [3.05, 3.63) is 74.9 Å². The van der Waals surface area contributed by atoms with Crippen molar-refractivity contribution >= 4 is 27.0 Å². The molecule has 3 rings (SSSR count). The summed E-state index contributed by atoms with van der Waals surface area (Å²) in [6, 6.07) is 5.68. The van der Waals surface area contributed by atoms with Gasteiger partial charge in [0.1, 0.15) is 23.6 Å². The van der Waals surface area contributed by atoms with Gasteiger partial charge in [-0.05, 0) is 48.2 Å². The van der Waals surface area contributed by atoms with E-state index in [1.165, 1.54) is 0 Å². The summed E-state index contributed by atoms with van der Waals surface area (Å²) >= 11 is 0. The Bertz CT molecular complexity index is 1400. The number of aryl methyl sites for hydroxylation is 1. The zero-order valence-electron chi connectivity index (χ0n) is 17.9. The van der Waals surface area contributed by atoms with E-state index >= 15 is 0 Å². The lowest BCUT2D eigenvalue weighted by molar-refractivity contribution is -0.143. The molecule has 0 saturated heterocycles. The molecular weight excluding hydrogens is 463 g/mol. The Hall–Kier alpha value is -3.18. The van der Waals surface area contributed by atoms with Crippen molar-refractivity contribution in [3.8, 4) is 0 Å². The lowest BCUT2D eigenvalue weighted by atomic mass is 9.95. The molecule has 176 valence electrons. The topological polar surface area (TPSA) is 103 Å². The van der Waals surface area contributed by atoms with Crippen LogP contribution in [0.1, 0.15) is 36.5 Å². The standard InChI is InChI=1S/C22H20F3NO6S/c1-11(2)14-8-15-13(7-19(27)32-17(15)6-12(14)3)10-31-20(28)9-26-33(29,30)18-5-4-16(23)21(24)22(18)25/h4-8,11,26H,9-10H2,1-3H3. The first-order valence-electron chi connectivity index (χ1n) is 9.76. The van der Waals surface area contributed by atoms with Crippen LogP contribution in [0.3, 0.4) is 0 Å². The summed E-state index contributed by atoms with van der Waals surface area (Å²) in [6.45, 7) is 4.60. The number of hydrogen-bond acceptors (Lipinski definition) is 6. The molecule has 0 spiro atoms. The van der Waals surface area contributed by atoms with Crippen LogP contribution in [0.5, 0.6) is 0 Å². The molecule has 0 radical (unpaired) electrons. The van der Waals surface area contributed by atoms with Crippen molar-refractivity contribution in [3.63, 3.8) is 0 Å². The summed E-state index contributed by atoms with van der Waals surface area (Å²) in [6.07, 6.45) is 0. The van der Waals surface area contributed by atoms with E-state index in [1.54, 1.807) is 10.8 Å². The molecular formula is C22H20F3NO6S. The smallest absolute Gasteiger partial charge is 0.336 e. The zero-order valence-corrected chi connectivity index (χ0v) is 18.7. The van der Waals surface area contributed by atoms with Gasteiger partial charge in [-0.1, -0.05) is 13.8 Å². The average Bonchev–Trinajstić information content (AvgIpc) is 2.73. The first kappa shape index (κ1) is 24.5. The molecule has 11 heteroatoms. The van der Waals surface area contributed by atoms with E-state index < -0.39 is 50.5 Å². The number of rotatable bonds is 7. The minimum absolute atomic E-state index is 0.183. The molecule has 0 bridgehead atoms. The van der Waals surface area contributed by atoms with Gasteiger partial charge in [-0.15, -0.1) is 0 Å². The third kappa shape index (κ3) is 5.25. The van der Waals surface area contributed by atoms with Gasteiger partial charge in [-0.3, -0.25) is 4.79 Å². The minimum Gasteiger partial charge on any atom is -0.460 e. The predicted molar refractivity (Wildman–Crippen MR) is 113 cm³/mol. The van der Waals surface area contributed by atoms with Crippen molar-refractivity contribution < 1.29 is 35.5 Å². The van der Waals surface area contributed by atoms with Crippen molar-refractivity contribution in [2.45, 2.75) is 38.2 Å². The quantitative estimate of drug-likeness (QED) is 0.313. The second kappa shape index (κ2) is 9.36. The zero-order chi connectivity index (χ0) is 24.5. The first-order chi connectivity index (χ1) is 15.4. The number of ether oxygens (including phenoxy) is 1. The Balaban J connectivity index is 1.75. The van der Waals surface area contributed by atoms with Crippen molar-refractivity contribution in [1.29, 1.82) is 0 Å². The van der Waals surface area contributed by atoms with E-state index in [1.807, 2.05) is 26.8 Å². The van der Waals surface area contributed by atoms with Gasteiger partial charge in [0.05, 0.1) is 0 Å². The van der Waals surface area contributed by atoms with Crippen LogP contribution in [0.25, 0.3) is 11.0 Å². The molecule has 0 atom stereocenters. The Labute approximate surface area is 187 Å². The van der Waals surface area contributed by atoms with Crippen LogP contribution in [-0.4, -0.2) is 20.9 Å². The van der Waals surface area contributed by atoms with Gasteiger partial charge in [0.25, 0.3) is 0 Å². The number of fused-ring (bicyclic) bond motifs is 1. The largest absolute Gasteiger partial charge is 0.460 e. The second-order valence-corrected chi connectivity index (χ2v) is 9.34. The van der Waals surface area contributed by atoms with E-state index in [9.17, 15) is 31.2 Å². The molecule has 3 aromatic rings. The van der Waals surface area contributed by atoms with Crippen molar-refractivity contribution in [1.82, 2.24) is 4.72 Å². The van der Waals surface area contributed by atoms with E-state index in [0.717, 1.165) is 17.2 Å². The van der Waals surface area contributed by atoms with E-state index in [0.29, 0.717) is 28.7 Å². The number of carbonyl (C=O) groups excluding carboxylic acids is 1. The van der Waals surface area contributed by atoms with Gasteiger partial charge < -0.3 is 9.15 Å². The normalized spacial score (nSPS) is 11.8. The van der Waals surface area contributed by atoms with E-state index in [-0.39, 0.29) is 12.5 Å². The highest BCUT2D eigenvalue weighted by Crippen LogP contribution is 2.27. The number of benzene rings is 2. The van der Waals surface area contributed by atoms with Gasteiger partial charge in [-0.2, -0.15) is 4.72 Å². The molecule has 1 aromatic heterocycles. The number of carbonyl (C=O) groups is 1. The fourth-order valence-electron chi connectivity index (χ4n) is 3.29. The number of esters is 1. The molecule has 33 heavy (non-hydrogen) atoms. The summed E-state index contributed by atoms with van der Waals surface area (Å²) < 4.78 is 76.4.